The summed E-state index contributed by atoms with van der Waals surface area (Å²) in [6.07, 6.45) is -2.16. The number of halogens is 4. The second kappa shape index (κ2) is 7.74. The summed E-state index contributed by atoms with van der Waals surface area (Å²) in [4.78, 5) is 16.2. The normalized spacial score (nSPS) is 12.6. The number of anilines is 2. The van der Waals surface area contributed by atoms with Crippen LogP contribution in [0.5, 0.6) is 0 Å². The number of carbonyl (C=O) groups excluding carboxylic acids is 1. The van der Waals surface area contributed by atoms with E-state index in [2.05, 4.69) is 15.6 Å². The molecule has 8 heteroatoms. The zero-order valence-corrected chi connectivity index (χ0v) is 14.4. The van der Waals surface area contributed by atoms with Crippen molar-refractivity contribution in [3.63, 3.8) is 0 Å². The molecule has 1 atom stereocenters. The molecule has 0 aliphatic heterocycles. The second-order valence-corrected chi connectivity index (χ2v) is 5.94. The van der Waals surface area contributed by atoms with E-state index < -0.39 is 22.7 Å². The van der Waals surface area contributed by atoms with E-state index in [1.807, 2.05) is 13.8 Å². The third-order valence-electron chi connectivity index (χ3n) is 3.55. The topological polar surface area (TPSA) is 54.0 Å². The Morgan fingerprint density at radius 3 is 2.48 bits per heavy atom. The lowest BCUT2D eigenvalue weighted by Crippen LogP contribution is -2.16. The van der Waals surface area contributed by atoms with Crippen LogP contribution in [0.4, 0.5) is 24.5 Å². The minimum atomic E-state index is -4.60. The molecule has 134 valence electrons. The van der Waals surface area contributed by atoms with Crippen molar-refractivity contribution in [1.82, 2.24) is 4.98 Å². The molecule has 25 heavy (non-hydrogen) atoms. The predicted molar refractivity (Wildman–Crippen MR) is 92.0 cm³/mol. The first-order valence-electron chi connectivity index (χ1n) is 7.61. The van der Waals surface area contributed by atoms with Crippen LogP contribution >= 0.6 is 11.6 Å². The predicted octanol–water partition coefficient (Wildman–Crippen LogP) is 5.22. The van der Waals surface area contributed by atoms with E-state index in [0.717, 1.165) is 24.2 Å². The van der Waals surface area contributed by atoms with Crippen LogP contribution in [0.1, 0.15) is 36.3 Å². The summed E-state index contributed by atoms with van der Waals surface area (Å²) < 4.78 is 38.6. The molecule has 0 radical (unpaired) electrons. The van der Waals surface area contributed by atoms with E-state index in [1.165, 1.54) is 18.3 Å². The Labute approximate surface area is 148 Å². The maximum absolute atomic E-state index is 12.9. The zero-order chi connectivity index (χ0) is 18.6. The van der Waals surface area contributed by atoms with Gasteiger partial charge in [0, 0.05) is 11.7 Å². The van der Waals surface area contributed by atoms with Gasteiger partial charge in [-0.1, -0.05) is 18.5 Å². The second-order valence-electron chi connectivity index (χ2n) is 5.53. The van der Waals surface area contributed by atoms with E-state index in [9.17, 15) is 18.0 Å². The third kappa shape index (κ3) is 5.09. The molecule has 4 nitrogen and oxygen atoms in total. The van der Waals surface area contributed by atoms with E-state index >= 15 is 0 Å². The van der Waals surface area contributed by atoms with Crippen molar-refractivity contribution < 1.29 is 18.0 Å². The highest BCUT2D eigenvalue weighted by Crippen LogP contribution is 2.36. The molecular weight excluding hydrogens is 355 g/mol. The van der Waals surface area contributed by atoms with Gasteiger partial charge >= 0.3 is 6.18 Å². The van der Waals surface area contributed by atoms with E-state index in [-0.39, 0.29) is 17.4 Å². The van der Waals surface area contributed by atoms with Crippen LogP contribution < -0.4 is 10.6 Å². The monoisotopic (exact) mass is 371 g/mol. The van der Waals surface area contributed by atoms with E-state index in [1.54, 1.807) is 6.07 Å². The van der Waals surface area contributed by atoms with Gasteiger partial charge in [-0.15, -0.1) is 0 Å². The molecule has 0 aliphatic carbocycles. The number of pyridine rings is 1. The number of amides is 1. The molecule has 2 aromatic rings. The summed E-state index contributed by atoms with van der Waals surface area (Å²) in [5, 5.41) is 5.17. The number of carbonyl (C=O) groups is 1. The van der Waals surface area contributed by atoms with Crippen LogP contribution in [0.2, 0.25) is 5.02 Å². The van der Waals surface area contributed by atoms with Crippen molar-refractivity contribution in [2.75, 3.05) is 10.6 Å². The van der Waals surface area contributed by atoms with Crippen molar-refractivity contribution in [1.29, 1.82) is 0 Å². The molecule has 0 saturated carbocycles. The van der Waals surface area contributed by atoms with Gasteiger partial charge in [0.15, 0.2) is 0 Å². The Morgan fingerprint density at radius 2 is 1.92 bits per heavy atom. The first-order chi connectivity index (χ1) is 11.7. The number of hydrogen-bond acceptors (Lipinski definition) is 3. The van der Waals surface area contributed by atoms with Crippen molar-refractivity contribution in [3.8, 4) is 0 Å². The Bertz CT molecular complexity index is 748. The minimum absolute atomic E-state index is 0.00895. The molecule has 0 aliphatic rings. The van der Waals surface area contributed by atoms with Crippen LogP contribution in [-0.2, 0) is 6.18 Å². The molecule has 1 amide bonds. The molecule has 1 unspecified atom stereocenters. The maximum atomic E-state index is 12.9. The number of benzene rings is 1. The zero-order valence-electron chi connectivity index (χ0n) is 13.6. The number of nitrogens with one attached hydrogen (secondary N) is 2. The fourth-order valence-electron chi connectivity index (χ4n) is 2.02. The Kier molecular flexibility index (Phi) is 5.89. The van der Waals surface area contributed by atoms with Gasteiger partial charge < -0.3 is 10.6 Å². The quantitative estimate of drug-likeness (QED) is 0.758. The van der Waals surface area contributed by atoms with Gasteiger partial charge in [0.1, 0.15) is 5.69 Å². The minimum Gasteiger partial charge on any atom is -0.381 e. The number of aromatic nitrogens is 1. The van der Waals surface area contributed by atoms with Crippen LogP contribution in [-0.4, -0.2) is 16.9 Å². The van der Waals surface area contributed by atoms with Gasteiger partial charge in [0.25, 0.3) is 5.91 Å². The van der Waals surface area contributed by atoms with Crippen molar-refractivity contribution >= 4 is 28.9 Å². The van der Waals surface area contributed by atoms with Crippen LogP contribution in [0, 0.1) is 0 Å². The lowest BCUT2D eigenvalue weighted by Gasteiger charge is -2.13. The summed E-state index contributed by atoms with van der Waals surface area (Å²) in [6.45, 7) is 4.05. The molecule has 2 rings (SSSR count). The lowest BCUT2D eigenvalue weighted by molar-refractivity contribution is -0.137. The fraction of sp³-hybridized carbons (Fsp3) is 0.294. The maximum Gasteiger partial charge on any atom is 0.417 e. The molecule has 1 aromatic heterocycles. The van der Waals surface area contributed by atoms with Gasteiger partial charge in [-0.05, 0) is 43.7 Å². The molecular formula is C17H17ClF3N3O. The number of nitrogens with zero attached hydrogens (tertiary/aromatic N) is 1. The first kappa shape index (κ1) is 19.1. The van der Waals surface area contributed by atoms with Crippen LogP contribution in [0.15, 0.2) is 36.5 Å². The Balaban J connectivity index is 2.12. The summed E-state index contributed by atoms with van der Waals surface area (Å²) in [5.74, 6) is -0.606. The number of rotatable bonds is 5. The molecule has 0 fully saturated rings. The van der Waals surface area contributed by atoms with Crippen molar-refractivity contribution in [3.05, 3.63) is 52.8 Å². The summed E-state index contributed by atoms with van der Waals surface area (Å²) in [6, 6.07) is 6.63. The standard InChI is InChI=1S/C17H17ClF3N3O/c1-3-10(2)23-12-5-7-15(22-9-12)16(25)24-11-4-6-14(18)13(8-11)17(19,20)21/h4-10,23H,3H2,1-2H3,(H,24,25). The smallest absolute Gasteiger partial charge is 0.381 e. The fourth-order valence-corrected chi connectivity index (χ4v) is 2.24. The lowest BCUT2D eigenvalue weighted by atomic mass is 10.2. The number of alkyl halides is 3. The first-order valence-corrected chi connectivity index (χ1v) is 7.99. The Morgan fingerprint density at radius 1 is 1.24 bits per heavy atom. The van der Waals surface area contributed by atoms with E-state index in [4.69, 9.17) is 11.6 Å². The third-order valence-corrected chi connectivity index (χ3v) is 3.88. The molecule has 1 aromatic carbocycles. The summed E-state index contributed by atoms with van der Waals surface area (Å²) >= 11 is 5.55. The van der Waals surface area contributed by atoms with Crippen LogP contribution in [0.25, 0.3) is 0 Å². The van der Waals surface area contributed by atoms with Crippen molar-refractivity contribution in [2.45, 2.75) is 32.5 Å². The Hall–Kier alpha value is -2.28. The molecule has 0 bridgehead atoms. The molecule has 1 heterocycles. The molecule has 0 spiro atoms. The average Bonchev–Trinajstić information content (AvgIpc) is 2.56. The molecule has 2 N–H and O–H groups in total. The number of hydrogen-bond donors (Lipinski definition) is 2. The average molecular weight is 372 g/mol. The summed E-state index contributed by atoms with van der Waals surface area (Å²) in [7, 11) is 0. The highest BCUT2D eigenvalue weighted by Gasteiger charge is 2.33. The largest absolute Gasteiger partial charge is 0.417 e. The van der Waals surface area contributed by atoms with E-state index in [0.29, 0.717) is 0 Å². The van der Waals surface area contributed by atoms with Gasteiger partial charge in [0.05, 0.1) is 22.5 Å². The summed E-state index contributed by atoms with van der Waals surface area (Å²) in [5.41, 5.74) is -0.159. The highest BCUT2D eigenvalue weighted by atomic mass is 35.5. The highest BCUT2D eigenvalue weighted by molar-refractivity contribution is 6.31. The molecule has 0 saturated heterocycles. The SMILES string of the molecule is CCC(C)Nc1ccc(C(=O)Nc2ccc(Cl)c(C(F)(F)F)c2)nc1. The van der Waals surface area contributed by atoms with Gasteiger partial charge in [-0.25, -0.2) is 4.98 Å². The van der Waals surface area contributed by atoms with Gasteiger partial charge in [-0.3, -0.25) is 4.79 Å². The van der Waals surface area contributed by atoms with Gasteiger partial charge in [-0.2, -0.15) is 13.2 Å². The van der Waals surface area contributed by atoms with Crippen molar-refractivity contribution in [2.24, 2.45) is 0 Å². The van der Waals surface area contributed by atoms with Crippen LogP contribution in [0.3, 0.4) is 0 Å². The van der Waals surface area contributed by atoms with Gasteiger partial charge in [0.2, 0.25) is 0 Å².